The van der Waals surface area contributed by atoms with E-state index in [4.69, 9.17) is 9.47 Å². The lowest BCUT2D eigenvalue weighted by atomic mass is 9.78. The van der Waals surface area contributed by atoms with Gasteiger partial charge in [0.2, 0.25) is 5.91 Å². The van der Waals surface area contributed by atoms with E-state index < -0.39 is 0 Å². The molecule has 0 spiro atoms. The molecule has 2 fully saturated rings. The van der Waals surface area contributed by atoms with Crippen LogP contribution in [0.25, 0.3) is 11.1 Å². The molecule has 2 atom stereocenters. The standard InChI is InChI=1S/C29H37NO4/c1-4-34-27-11-7-10-23(19(27)2)24-17-16-22(18-21(24)15-14-20-12-13-20)30-28(31)25-8-5-6-9-26(25)29(32)33-3/h7,10-11,16-18,20,25-26H,4-6,8-9,12-15H2,1-3H3,(H,30,31)/t25-,26+/m0/s1. The Morgan fingerprint density at radius 2 is 1.76 bits per heavy atom. The molecular weight excluding hydrogens is 426 g/mol. The van der Waals surface area contributed by atoms with Gasteiger partial charge in [0.25, 0.3) is 0 Å². The fraction of sp³-hybridized carbons (Fsp3) is 0.517. The maximum Gasteiger partial charge on any atom is 0.309 e. The summed E-state index contributed by atoms with van der Waals surface area (Å²) < 4.78 is 10.8. The van der Waals surface area contributed by atoms with Crippen LogP contribution in [0.4, 0.5) is 5.69 Å². The Hall–Kier alpha value is -2.82. The molecule has 0 radical (unpaired) electrons. The maximum absolute atomic E-state index is 13.2. The number of benzene rings is 2. The van der Waals surface area contributed by atoms with E-state index in [0.717, 1.165) is 48.6 Å². The van der Waals surface area contributed by atoms with Gasteiger partial charge in [-0.15, -0.1) is 0 Å². The first kappa shape index (κ1) is 24.3. The van der Waals surface area contributed by atoms with E-state index in [1.165, 1.54) is 43.1 Å². The summed E-state index contributed by atoms with van der Waals surface area (Å²) in [5.74, 6) is 0.703. The third-order valence-corrected chi connectivity index (χ3v) is 7.37. The van der Waals surface area contributed by atoms with Gasteiger partial charge in [-0.1, -0.05) is 43.9 Å². The second kappa shape index (κ2) is 11.1. The summed E-state index contributed by atoms with van der Waals surface area (Å²) in [6, 6.07) is 12.4. The van der Waals surface area contributed by atoms with Gasteiger partial charge >= 0.3 is 5.97 Å². The lowest BCUT2D eigenvalue weighted by molar-refractivity contribution is -0.151. The van der Waals surface area contributed by atoms with Crippen molar-refractivity contribution in [3.05, 3.63) is 47.5 Å². The molecule has 2 saturated carbocycles. The predicted molar refractivity (Wildman–Crippen MR) is 135 cm³/mol. The monoisotopic (exact) mass is 463 g/mol. The van der Waals surface area contributed by atoms with Gasteiger partial charge < -0.3 is 14.8 Å². The average molecular weight is 464 g/mol. The Bertz CT molecular complexity index is 1030. The molecule has 1 amide bonds. The summed E-state index contributed by atoms with van der Waals surface area (Å²) in [4.78, 5) is 25.4. The Morgan fingerprint density at radius 1 is 1.00 bits per heavy atom. The summed E-state index contributed by atoms with van der Waals surface area (Å²) in [6.07, 6.45) is 8.16. The Labute approximate surface area is 203 Å². The van der Waals surface area contributed by atoms with Gasteiger partial charge in [-0.05, 0) is 85.9 Å². The molecule has 0 saturated heterocycles. The molecule has 2 aliphatic carbocycles. The van der Waals surface area contributed by atoms with Gasteiger partial charge in [0, 0.05) is 5.69 Å². The molecule has 0 unspecified atom stereocenters. The molecule has 1 N–H and O–H groups in total. The van der Waals surface area contributed by atoms with Crippen molar-refractivity contribution in [1.82, 2.24) is 0 Å². The van der Waals surface area contributed by atoms with Gasteiger partial charge in [-0.3, -0.25) is 9.59 Å². The summed E-state index contributed by atoms with van der Waals surface area (Å²) in [5.41, 5.74) is 5.55. The second-order valence-electron chi connectivity index (χ2n) is 9.73. The highest BCUT2D eigenvalue weighted by atomic mass is 16.5. The minimum atomic E-state index is -0.351. The number of ether oxygens (including phenoxy) is 2. The molecule has 4 rings (SSSR count). The molecule has 2 aromatic carbocycles. The first-order chi connectivity index (χ1) is 16.5. The van der Waals surface area contributed by atoms with Crippen LogP contribution in [0.5, 0.6) is 5.75 Å². The largest absolute Gasteiger partial charge is 0.494 e. The summed E-state index contributed by atoms with van der Waals surface area (Å²) in [6.45, 7) is 4.75. The fourth-order valence-electron chi connectivity index (χ4n) is 5.24. The number of esters is 1. The Morgan fingerprint density at radius 3 is 2.47 bits per heavy atom. The van der Waals surface area contributed by atoms with Gasteiger partial charge in [0.15, 0.2) is 0 Å². The SMILES string of the molecule is CCOc1cccc(-c2ccc(NC(=O)[C@H]3CCCC[C@H]3C(=O)OC)cc2CCC2CC2)c1C. The molecule has 5 nitrogen and oxygen atoms in total. The molecule has 34 heavy (non-hydrogen) atoms. The number of rotatable bonds is 9. The van der Waals surface area contributed by atoms with E-state index in [0.29, 0.717) is 13.0 Å². The third-order valence-electron chi connectivity index (χ3n) is 7.37. The zero-order chi connectivity index (χ0) is 24.1. The molecule has 0 heterocycles. The summed E-state index contributed by atoms with van der Waals surface area (Å²) in [7, 11) is 1.40. The minimum Gasteiger partial charge on any atom is -0.494 e. The molecule has 5 heteroatoms. The number of amides is 1. The van der Waals surface area contributed by atoms with Crippen LogP contribution in [-0.2, 0) is 20.7 Å². The van der Waals surface area contributed by atoms with Crippen LogP contribution in [0.15, 0.2) is 36.4 Å². The van der Waals surface area contributed by atoms with Crippen LogP contribution in [0.2, 0.25) is 0 Å². The van der Waals surface area contributed by atoms with Crippen molar-refractivity contribution in [2.24, 2.45) is 17.8 Å². The minimum absolute atomic E-state index is 0.0782. The average Bonchev–Trinajstić information content (AvgIpc) is 3.68. The van der Waals surface area contributed by atoms with Crippen LogP contribution >= 0.6 is 0 Å². The second-order valence-corrected chi connectivity index (χ2v) is 9.73. The van der Waals surface area contributed by atoms with E-state index in [9.17, 15) is 9.59 Å². The number of aryl methyl sites for hydroxylation is 1. The van der Waals surface area contributed by atoms with E-state index in [1.807, 2.05) is 25.1 Å². The normalized spacial score (nSPS) is 20.0. The fourth-order valence-corrected chi connectivity index (χ4v) is 5.24. The van der Waals surface area contributed by atoms with Gasteiger partial charge in [-0.25, -0.2) is 0 Å². The smallest absolute Gasteiger partial charge is 0.309 e. The Balaban J connectivity index is 1.59. The molecular formula is C29H37NO4. The van der Waals surface area contributed by atoms with Crippen LogP contribution in [0.3, 0.4) is 0 Å². The summed E-state index contributed by atoms with van der Waals surface area (Å²) in [5, 5.41) is 3.12. The quantitative estimate of drug-likeness (QED) is 0.442. The van der Waals surface area contributed by atoms with E-state index >= 15 is 0 Å². The number of anilines is 1. The lowest BCUT2D eigenvalue weighted by Crippen LogP contribution is -2.36. The van der Waals surface area contributed by atoms with E-state index in [1.54, 1.807) is 0 Å². The van der Waals surface area contributed by atoms with Gasteiger partial charge in [0.1, 0.15) is 5.75 Å². The first-order valence-corrected chi connectivity index (χ1v) is 12.8. The van der Waals surface area contributed by atoms with Crippen LogP contribution in [0.1, 0.15) is 63.0 Å². The number of hydrogen-bond acceptors (Lipinski definition) is 4. The van der Waals surface area contributed by atoms with E-state index in [2.05, 4.69) is 30.4 Å². The van der Waals surface area contributed by atoms with Gasteiger partial charge in [0.05, 0.1) is 25.6 Å². The van der Waals surface area contributed by atoms with Crippen LogP contribution in [0, 0.1) is 24.7 Å². The zero-order valence-corrected chi connectivity index (χ0v) is 20.7. The highest BCUT2D eigenvalue weighted by Gasteiger charge is 2.36. The van der Waals surface area contributed by atoms with Gasteiger partial charge in [-0.2, -0.15) is 0 Å². The van der Waals surface area contributed by atoms with Crippen LogP contribution in [-0.4, -0.2) is 25.6 Å². The molecule has 2 aliphatic rings. The highest BCUT2D eigenvalue weighted by molar-refractivity contribution is 5.96. The maximum atomic E-state index is 13.2. The van der Waals surface area contributed by atoms with Crippen molar-refractivity contribution in [2.45, 2.75) is 65.2 Å². The molecule has 0 aromatic heterocycles. The number of nitrogens with one attached hydrogen (secondary N) is 1. The number of hydrogen-bond donors (Lipinski definition) is 1. The topological polar surface area (TPSA) is 64.6 Å². The van der Waals surface area contributed by atoms with Crippen molar-refractivity contribution >= 4 is 17.6 Å². The van der Waals surface area contributed by atoms with Crippen molar-refractivity contribution in [1.29, 1.82) is 0 Å². The summed E-state index contributed by atoms with van der Waals surface area (Å²) >= 11 is 0. The molecule has 2 aromatic rings. The molecule has 0 aliphatic heterocycles. The number of carbonyl (C=O) groups is 2. The number of carbonyl (C=O) groups excluding carboxylic acids is 2. The van der Waals surface area contributed by atoms with E-state index in [-0.39, 0.29) is 23.7 Å². The van der Waals surface area contributed by atoms with Crippen molar-refractivity contribution < 1.29 is 19.1 Å². The lowest BCUT2D eigenvalue weighted by Gasteiger charge is -2.28. The zero-order valence-electron chi connectivity index (χ0n) is 20.7. The van der Waals surface area contributed by atoms with Crippen molar-refractivity contribution in [2.75, 3.05) is 19.0 Å². The molecule has 0 bridgehead atoms. The van der Waals surface area contributed by atoms with Crippen molar-refractivity contribution in [3.63, 3.8) is 0 Å². The predicted octanol–water partition coefficient (Wildman–Crippen LogP) is 6.32. The highest BCUT2D eigenvalue weighted by Crippen LogP contribution is 2.38. The molecule has 182 valence electrons. The first-order valence-electron chi connectivity index (χ1n) is 12.8. The number of methoxy groups -OCH3 is 1. The van der Waals surface area contributed by atoms with Crippen LogP contribution < -0.4 is 10.1 Å². The Kier molecular flexibility index (Phi) is 7.91. The van der Waals surface area contributed by atoms with Crippen molar-refractivity contribution in [3.8, 4) is 16.9 Å². The third kappa shape index (κ3) is 5.63.